The fourth-order valence-corrected chi connectivity index (χ4v) is 3.27. The van der Waals surface area contributed by atoms with Crippen molar-refractivity contribution in [2.24, 2.45) is 7.05 Å². The van der Waals surface area contributed by atoms with Crippen molar-refractivity contribution in [1.29, 1.82) is 0 Å². The molecule has 1 aliphatic rings. The Balaban J connectivity index is 1.95. The van der Waals surface area contributed by atoms with Crippen LogP contribution < -0.4 is 5.32 Å². The second kappa shape index (κ2) is 5.35. The second-order valence-electron chi connectivity index (χ2n) is 5.92. The Kier molecular flexibility index (Phi) is 3.53. The van der Waals surface area contributed by atoms with Crippen LogP contribution in [-0.2, 0) is 11.8 Å². The molecule has 0 radical (unpaired) electrons. The number of fused-ring (bicyclic) bond motifs is 1. The number of carboxylic acids is 1. The molecule has 1 fully saturated rings. The van der Waals surface area contributed by atoms with Crippen molar-refractivity contribution in [3.8, 4) is 0 Å². The molecule has 2 N–H and O–H groups in total. The van der Waals surface area contributed by atoms with E-state index >= 15 is 0 Å². The first-order valence-corrected chi connectivity index (χ1v) is 7.36. The van der Waals surface area contributed by atoms with Gasteiger partial charge < -0.3 is 15.0 Å². The average molecular weight is 288 g/mol. The van der Waals surface area contributed by atoms with Gasteiger partial charge in [-0.3, -0.25) is 4.79 Å². The van der Waals surface area contributed by atoms with Crippen molar-refractivity contribution in [1.82, 2.24) is 14.5 Å². The van der Waals surface area contributed by atoms with E-state index < -0.39 is 11.5 Å². The normalized spacial score (nSPS) is 17.8. The first kappa shape index (κ1) is 13.9. The fraction of sp³-hybridized carbons (Fsp3) is 0.533. The highest BCUT2D eigenvalue weighted by Gasteiger charge is 2.35. The van der Waals surface area contributed by atoms with Gasteiger partial charge in [-0.25, -0.2) is 9.97 Å². The Morgan fingerprint density at radius 1 is 1.38 bits per heavy atom. The number of rotatable bonds is 4. The largest absolute Gasteiger partial charge is 0.481 e. The van der Waals surface area contributed by atoms with E-state index in [1.54, 1.807) is 12.5 Å². The molecule has 21 heavy (non-hydrogen) atoms. The van der Waals surface area contributed by atoms with Gasteiger partial charge in [0.1, 0.15) is 5.52 Å². The number of imidazole rings is 1. The molecule has 0 unspecified atom stereocenters. The minimum Gasteiger partial charge on any atom is -0.481 e. The van der Waals surface area contributed by atoms with E-state index in [2.05, 4.69) is 15.3 Å². The molecule has 6 nitrogen and oxygen atoms in total. The van der Waals surface area contributed by atoms with Gasteiger partial charge in [0.25, 0.3) is 0 Å². The third-order valence-electron chi connectivity index (χ3n) is 4.33. The van der Waals surface area contributed by atoms with Crippen molar-refractivity contribution < 1.29 is 9.90 Å². The van der Waals surface area contributed by atoms with Gasteiger partial charge >= 0.3 is 5.97 Å². The maximum Gasteiger partial charge on any atom is 0.305 e. The number of nitrogens with zero attached hydrogens (tertiary/aromatic N) is 3. The molecule has 0 amide bonds. The molecule has 0 aliphatic heterocycles. The summed E-state index contributed by atoms with van der Waals surface area (Å²) in [5, 5.41) is 12.7. The highest BCUT2D eigenvalue weighted by atomic mass is 16.4. The lowest BCUT2D eigenvalue weighted by Gasteiger charge is -2.37. The number of nitrogens with one attached hydrogen (secondary N) is 1. The summed E-state index contributed by atoms with van der Waals surface area (Å²) in [5.74, 6) is -0.0751. The predicted molar refractivity (Wildman–Crippen MR) is 80.2 cm³/mol. The van der Waals surface area contributed by atoms with Crippen LogP contribution in [0.4, 0.5) is 5.82 Å². The quantitative estimate of drug-likeness (QED) is 0.903. The molecule has 3 rings (SSSR count). The summed E-state index contributed by atoms with van der Waals surface area (Å²) in [4.78, 5) is 20.0. The lowest BCUT2D eigenvalue weighted by Crippen LogP contribution is -2.42. The number of pyridine rings is 1. The number of carboxylic acid groups (broad SMARTS) is 1. The third-order valence-corrected chi connectivity index (χ3v) is 4.33. The van der Waals surface area contributed by atoms with Crippen LogP contribution in [0.15, 0.2) is 18.6 Å². The van der Waals surface area contributed by atoms with Crippen LogP contribution in [-0.4, -0.2) is 31.1 Å². The van der Waals surface area contributed by atoms with Gasteiger partial charge in [0.15, 0.2) is 5.82 Å². The highest BCUT2D eigenvalue weighted by Crippen LogP contribution is 2.35. The predicted octanol–water partition coefficient (Wildman–Crippen LogP) is 2.56. The van der Waals surface area contributed by atoms with Crippen molar-refractivity contribution in [2.45, 2.75) is 44.1 Å². The molecular formula is C15H20N4O2. The van der Waals surface area contributed by atoms with Gasteiger partial charge in [-0.1, -0.05) is 19.3 Å². The minimum atomic E-state index is -0.766. The Morgan fingerprint density at radius 3 is 2.86 bits per heavy atom. The molecule has 0 spiro atoms. The van der Waals surface area contributed by atoms with Gasteiger partial charge in [0.05, 0.1) is 18.3 Å². The zero-order chi connectivity index (χ0) is 14.9. The fourth-order valence-electron chi connectivity index (χ4n) is 3.27. The van der Waals surface area contributed by atoms with Gasteiger partial charge in [0.2, 0.25) is 0 Å². The number of aryl methyl sites for hydroxylation is 1. The number of anilines is 1. The lowest BCUT2D eigenvalue weighted by molar-refractivity contribution is -0.138. The van der Waals surface area contributed by atoms with E-state index in [1.165, 1.54) is 6.42 Å². The van der Waals surface area contributed by atoms with Crippen LogP contribution in [0.1, 0.15) is 38.5 Å². The summed E-state index contributed by atoms with van der Waals surface area (Å²) in [6.45, 7) is 0. The average Bonchev–Trinajstić information content (AvgIpc) is 2.82. The zero-order valence-electron chi connectivity index (χ0n) is 12.2. The number of carbonyl (C=O) groups is 1. The van der Waals surface area contributed by atoms with Gasteiger partial charge in [-0.15, -0.1) is 0 Å². The molecule has 0 atom stereocenters. The third kappa shape index (κ3) is 2.70. The monoisotopic (exact) mass is 288 g/mol. The smallest absolute Gasteiger partial charge is 0.305 e. The van der Waals surface area contributed by atoms with E-state index in [9.17, 15) is 9.90 Å². The number of aliphatic carboxylic acids is 1. The van der Waals surface area contributed by atoms with Crippen LogP contribution in [0.5, 0.6) is 0 Å². The van der Waals surface area contributed by atoms with Gasteiger partial charge in [-0.2, -0.15) is 0 Å². The molecule has 2 heterocycles. The molecule has 2 aromatic heterocycles. The molecule has 112 valence electrons. The van der Waals surface area contributed by atoms with Crippen molar-refractivity contribution in [3.05, 3.63) is 18.6 Å². The van der Waals surface area contributed by atoms with Crippen LogP contribution >= 0.6 is 0 Å². The van der Waals surface area contributed by atoms with E-state index in [0.29, 0.717) is 5.82 Å². The SMILES string of the molecule is Cn1cnc2c(NC3(CC(=O)O)CCCCC3)nccc21. The van der Waals surface area contributed by atoms with Crippen molar-refractivity contribution in [3.63, 3.8) is 0 Å². The molecule has 2 aromatic rings. The molecular weight excluding hydrogens is 268 g/mol. The summed E-state index contributed by atoms with van der Waals surface area (Å²) in [7, 11) is 1.94. The summed E-state index contributed by atoms with van der Waals surface area (Å²) >= 11 is 0. The van der Waals surface area contributed by atoms with Crippen molar-refractivity contribution in [2.75, 3.05) is 5.32 Å². The van der Waals surface area contributed by atoms with Gasteiger partial charge in [-0.05, 0) is 18.9 Å². The molecule has 1 saturated carbocycles. The highest BCUT2D eigenvalue weighted by molar-refractivity contribution is 5.86. The molecule has 1 aliphatic carbocycles. The van der Waals surface area contributed by atoms with E-state index in [1.807, 2.05) is 17.7 Å². The Bertz CT molecular complexity index is 659. The molecule has 0 aromatic carbocycles. The second-order valence-corrected chi connectivity index (χ2v) is 5.92. The number of hydrogen-bond acceptors (Lipinski definition) is 4. The minimum absolute atomic E-state index is 0.123. The molecule has 0 saturated heterocycles. The Hall–Kier alpha value is -2.11. The topological polar surface area (TPSA) is 80.0 Å². The number of aromatic nitrogens is 3. The van der Waals surface area contributed by atoms with Crippen LogP contribution in [0.25, 0.3) is 11.0 Å². The first-order chi connectivity index (χ1) is 10.1. The zero-order valence-corrected chi connectivity index (χ0v) is 12.2. The Labute approximate surface area is 123 Å². The maximum absolute atomic E-state index is 11.3. The molecule has 6 heteroatoms. The lowest BCUT2D eigenvalue weighted by atomic mass is 9.79. The maximum atomic E-state index is 11.3. The van der Waals surface area contributed by atoms with E-state index in [4.69, 9.17) is 0 Å². The summed E-state index contributed by atoms with van der Waals surface area (Å²) in [6, 6.07) is 1.91. The van der Waals surface area contributed by atoms with Crippen LogP contribution in [0.3, 0.4) is 0 Å². The first-order valence-electron chi connectivity index (χ1n) is 7.36. The van der Waals surface area contributed by atoms with E-state index in [0.717, 1.165) is 36.7 Å². The van der Waals surface area contributed by atoms with Gasteiger partial charge in [0, 0.05) is 18.8 Å². The Morgan fingerprint density at radius 2 is 2.14 bits per heavy atom. The van der Waals surface area contributed by atoms with E-state index in [-0.39, 0.29) is 6.42 Å². The van der Waals surface area contributed by atoms with Crippen LogP contribution in [0.2, 0.25) is 0 Å². The summed E-state index contributed by atoms with van der Waals surface area (Å²) < 4.78 is 1.94. The summed E-state index contributed by atoms with van der Waals surface area (Å²) in [6.07, 6.45) is 8.62. The molecule has 0 bridgehead atoms. The number of hydrogen-bond donors (Lipinski definition) is 2. The standard InChI is InChI=1S/C15H20N4O2/c1-19-10-17-13-11(19)5-8-16-14(13)18-15(9-12(20)21)6-3-2-4-7-15/h5,8,10H,2-4,6-7,9H2,1H3,(H,16,18)(H,20,21). The van der Waals surface area contributed by atoms with Crippen LogP contribution in [0, 0.1) is 0 Å². The van der Waals surface area contributed by atoms with Crippen molar-refractivity contribution >= 4 is 22.8 Å². The summed E-state index contributed by atoms with van der Waals surface area (Å²) in [5.41, 5.74) is 1.40.